The van der Waals surface area contributed by atoms with Gasteiger partial charge in [-0.3, -0.25) is 4.79 Å². The van der Waals surface area contributed by atoms with E-state index in [1.165, 1.54) is 29.9 Å². The zero-order valence-corrected chi connectivity index (χ0v) is 11.1. The normalized spacial score (nSPS) is 10.4. The number of benzene rings is 1. The number of ether oxygens (including phenoxy) is 1. The number of carbonyl (C=O) groups excluding carboxylic acids is 1. The largest absolute Gasteiger partial charge is 0.492 e. The Morgan fingerprint density at radius 1 is 1.43 bits per heavy atom. The van der Waals surface area contributed by atoms with Gasteiger partial charge in [-0.05, 0) is 19.1 Å². The Bertz CT molecular complexity index is 684. The van der Waals surface area contributed by atoms with Crippen LogP contribution in [-0.2, 0) is 6.54 Å². The fourth-order valence-electron chi connectivity index (χ4n) is 1.63. The van der Waals surface area contributed by atoms with E-state index in [-0.39, 0.29) is 35.9 Å². The number of hydrogen-bond acceptors (Lipinski definition) is 5. The maximum absolute atomic E-state index is 13.5. The molecule has 2 aromatic rings. The second kappa shape index (κ2) is 6.12. The molecule has 1 heterocycles. The van der Waals surface area contributed by atoms with Gasteiger partial charge in [0, 0.05) is 6.07 Å². The molecule has 0 aliphatic carbocycles. The molecule has 0 bridgehead atoms. The molecule has 0 fully saturated rings. The quantitative estimate of drug-likeness (QED) is 0.809. The van der Waals surface area contributed by atoms with Crippen LogP contribution in [0, 0.1) is 5.82 Å². The predicted molar refractivity (Wildman–Crippen MR) is 68.9 cm³/mol. The van der Waals surface area contributed by atoms with Gasteiger partial charge in [0.2, 0.25) is 0 Å². The van der Waals surface area contributed by atoms with Crippen molar-refractivity contribution < 1.29 is 23.8 Å². The zero-order chi connectivity index (χ0) is 15.4. The summed E-state index contributed by atoms with van der Waals surface area (Å²) in [7, 11) is 0. The molecule has 0 unspecified atom stereocenters. The Labute approximate surface area is 119 Å². The molecule has 0 amide bonds. The first kappa shape index (κ1) is 14.6. The Morgan fingerprint density at radius 2 is 2.19 bits per heavy atom. The van der Waals surface area contributed by atoms with E-state index in [4.69, 9.17) is 9.84 Å². The molecule has 0 saturated carbocycles. The SMILES string of the molecule is CC(=O)c1ccc(OCCn2cc(C(=O)O)nn2)cc1F. The highest BCUT2D eigenvalue weighted by atomic mass is 19.1. The summed E-state index contributed by atoms with van der Waals surface area (Å²) in [6.07, 6.45) is 1.27. The lowest BCUT2D eigenvalue weighted by molar-refractivity contribution is 0.0690. The van der Waals surface area contributed by atoms with Gasteiger partial charge in [0.15, 0.2) is 11.5 Å². The van der Waals surface area contributed by atoms with Crippen LogP contribution in [0.1, 0.15) is 27.8 Å². The number of carbonyl (C=O) groups is 2. The smallest absolute Gasteiger partial charge is 0.358 e. The number of halogens is 1. The van der Waals surface area contributed by atoms with Crippen molar-refractivity contribution in [3.8, 4) is 5.75 Å². The third-order valence-corrected chi connectivity index (χ3v) is 2.67. The Kier molecular flexibility index (Phi) is 4.27. The lowest BCUT2D eigenvalue weighted by Gasteiger charge is -2.07. The van der Waals surface area contributed by atoms with E-state index < -0.39 is 11.8 Å². The van der Waals surface area contributed by atoms with Gasteiger partial charge in [0.1, 0.15) is 18.2 Å². The molecule has 110 valence electrons. The number of ketones is 1. The van der Waals surface area contributed by atoms with Crippen LogP contribution < -0.4 is 4.74 Å². The highest BCUT2D eigenvalue weighted by Gasteiger charge is 2.09. The van der Waals surface area contributed by atoms with Crippen molar-refractivity contribution in [2.45, 2.75) is 13.5 Å². The summed E-state index contributed by atoms with van der Waals surface area (Å²) in [6.45, 7) is 1.70. The summed E-state index contributed by atoms with van der Waals surface area (Å²) in [5.41, 5.74) is -0.156. The van der Waals surface area contributed by atoms with Crippen LogP contribution in [-0.4, -0.2) is 38.5 Å². The number of aromatic nitrogens is 3. The molecule has 1 N–H and O–H groups in total. The summed E-state index contributed by atoms with van der Waals surface area (Å²) < 4.78 is 20.2. The molecule has 0 spiro atoms. The van der Waals surface area contributed by atoms with Crippen LogP contribution in [0.2, 0.25) is 0 Å². The van der Waals surface area contributed by atoms with E-state index in [0.29, 0.717) is 0 Å². The van der Waals surface area contributed by atoms with E-state index in [9.17, 15) is 14.0 Å². The zero-order valence-electron chi connectivity index (χ0n) is 11.1. The lowest BCUT2D eigenvalue weighted by atomic mass is 10.1. The van der Waals surface area contributed by atoms with E-state index in [1.807, 2.05) is 0 Å². The molecule has 21 heavy (non-hydrogen) atoms. The average Bonchev–Trinajstić information content (AvgIpc) is 2.87. The third kappa shape index (κ3) is 3.62. The first-order valence-corrected chi connectivity index (χ1v) is 6.04. The van der Waals surface area contributed by atoms with E-state index in [0.717, 1.165) is 6.07 Å². The van der Waals surface area contributed by atoms with E-state index in [2.05, 4.69) is 10.3 Å². The van der Waals surface area contributed by atoms with Crippen molar-refractivity contribution in [1.82, 2.24) is 15.0 Å². The molecule has 0 saturated heterocycles. The molecule has 1 aromatic carbocycles. The number of aromatic carboxylic acids is 1. The van der Waals surface area contributed by atoms with Gasteiger partial charge in [-0.1, -0.05) is 5.21 Å². The number of carboxylic acids is 1. The van der Waals surface area contributed by atoms with Crippen LogP contribution in [0.3, 0.4) is 0 Å². The molecular formula is C13H12FN3O4. The minimum Gasteiger partial charge on any atom is -0.492 e. The van der Waals surface area contributed by atoms with Gasteiger partial charge in [-0.15, -0.1) is 5.10 Å². The molecule has 0 radical (unpaired) electrons. The fraction of sp³-hybridized carbons (Fsp3) is 0.231. The number of hydrogen-bond donors (Lipinski definition) is 1. The first-order chi connectivity index (χ1) is 9.97. The van der Waals surface area contributed by atoms with Gasteiger partial charge in [0.25, 0.3) is 0 Å². The Hall–Kier alpha value is -2.77. The van der Waals surface area contributed by atoms with Crippen LogP contribution in [0.15, 0.2) is 24.4 Å². The number of nitrogens with zero attached hydrogens (tertiary/aromatic N) is 3. The van der Waals surface area contributed by atoms with Crippen molar-refractivity contribution in [1.29, 1.82) is 0 Å². The van der Waals surface area contributed by atoms with Crippen molar-refractivity contribution in [3.63, 3.8) is 0 Å². The maximum atomic E-state index is 13.5. The second-order valence-corrected chi connectivity index (χ2v) is 4.22. The van der Waals surface area contributed by atoms with Crippen molar-refractivity contribution in [2.75, 3.05) is 6.61 Å². The van der Waals surface area contributed by atoms with E-state index >= 15 is 0 Å². The highest BCUT2D eigenvalue weighted by molar-refractivity contribution is 5.94. The topological polar surface area (TPSA) is 94.3 Å². The van der Waals surface area contributed by atoms with Gasteiger partial charge >= 0.3 is 5.97 Å². The lowest BCUT2D eigenvalue weighted by Crippen LogP contribution is -2.09. The molecule has 1 aromatic heterocycles. The number of Topliss-reactive ketones (excluding diaryl/α,β-unsaturated/α-hetero) is 1. The second-order valence-electron chi connectivity index (χ2n) is 4.22. The Balaban J connectivity index is 1.92. The van der Waals surface area contributed by atoms with Gasteiger partial charge < -0.3 is 9.84 Å². The van der Waals surface area contributed by atoms with Crippen LogP contribution in [0.4, 0.5) is 4.39 Å². The van der Waals surface area contributed by atoms with Gasteiger partial charge in [0.05, 0.1) is 18.3 Å². The molecule has 0 atom stereocenters. The molecular weight excluding hydrogens is 281 g/mol. The average molecular weight is 293 g/mol. The van der Waals surface area contributed by atoms with Crippen molar-refractivity contribution >= 4 is 11.8 Å². The minimum absolute atomic E-state index is 0.00438. The summed E-state index contributed by atoms with van der Waals surface area (Å²) >= 11 is 0. The molecule has 8 heteroatoms. The van der Waals surface area contributed by atoms with Gasteiger partial charge in [-0.25, -0.2) is 13.9 Å². The fourth-order valence-corrected chi connectivity index (χ4v) is 1.63. The van der Waals surface area contributed by atoms with Crippen LogP contribution in [0.25, 0.3) is 0 Å². The summed E-state index contributed by atoms with van der Waals surface area (Å²) in [5.74, 6) is -1.89. The predicted octanol–water partition coefficient (Wildman–Crippen LogP) is 1.40. The van der Waals surface area contributed by atoms with Gasteiger partial charge in [-0.2, -0.15) is 0 Å². The van der Waals surface area contributed by atoms with E-state index in [1.54, 1.807) is 0 Å². The summed E-state index contributed by atoms with van der Waals surface area (Å²) in [4.78, 5) is 21.7. The summed E-state index contributed by atoms with van der Waals surface area (Å²) in [6, 6.07) is 3.97. The molecule has 7 nitrogen and oxygen atoms in total. The van der Waals surface area contributed by atoms with Crippen LogP contribution >= 0.6 is 0 Å². The van der Waals surface area contributed by atoms with Crippen LogP contribution in [0.5, 0.6) is 5.75 Å². The van der Waals surface area contributed by atoms with Crippen molar-refractivity contribution in [2.24, 2.45) is 0 Å². The standard InChI is InChI=1S/C13H12FN3O4/c1-8(18)10-3-2-9(6-11(10)14)21-5-4-17-7-12(13(19)20)15-16-17/h2-3,6-7H,4-5H2,1H3,(H,19,20). The minimum atomic E-state index is -1.16. The molecule has 0 aliphatic heterocycles. The number of rotatable bonds is 6. The van der Waals surface area contributed by atoms with Crippen molar-refractivity contribution in [3.05, 3.63) is 41.5 Å². The molecule has 0 aliphatic rings. The number of carboxylic acid groups (broad SMARTS) is 1. The monoisotopic (exact) mass is 293 g/mol. The third-order valence-electron chi connectivity index (χ3n) is 2.67. The maximum Gasteiger partial charge on any atom is 0.358 e. The summed E-state index contributed by atoms with van der Waals surface area (Å²) in [5, 5.41) is 15.7. The molecule has 2 rings (SSSR count). The Morgan fingerprint density at radius 3 is 2.76 bits per heavy atom. The highest BCUT2D eigenvalue weighted by Crippen LogP contribution is 2.17. The first-order valence-electron chi connectivity index (χ1n) is 6.04.